The monoisotopic (exact) mass is 278 g/mol. The van der Waals surface area contributed by atoms with Gasteiger partial charge in [0.15, 0.2) is 5.89 Å². The van der Waals surface area contributed by atoms with E-state index in [1.807, 2.05) is 18.2 Å². The van der Waals surface area contributed by atoms with Gasteiger partial charge in [-0.25, -0.2) is 4.98 Å². The molecule has 2 N–H and O–H groups in total. The molecule has 0 bridgehead atoms. The van der Waals surface area contributed by atoms with Crippen molar-refractivity contribution in [1.29, 1.82) is 0 Å². The van der Waals surface area contributed by atoms with Gasteiger partial charge in [-0.05, 0) is 40.9 Å². The van der Waals surface area contributed by atoms with Gasteiger partial charge in [0.1, 0.15) is 12.0 Å². The third kappa shape index (κ3) is 1.73. The highest BCUT2D eigenvalue weighted by Crippen LogP contribution is 2.40. The Hall–Kier alpha value is -1.29. The van der Waals surface area contributed by atoms with Crippen LogP contribution in [0.2, 0.25) is 0 Å². The van der Waals surface area contributed by atoms with E-state index in [0.29, 0.717) is 11.6 Å². The molecule has 1 fully saturated rings. The van der Waals surface area contributed by atoms with Crippen LogP contribution >= 0.6 is 15.9 Å². The van der Waals surface area contributed by atoms with Crippen LogP contribution in [0.1, 0.15) is 24.7 Å². The molecule has 0 spiro atoms. The van der Waals surface area contributed by atoms with Crippen molar-refractivity contribution in [2.75, 3.05) is 5.73 Å². The number of oxazole rings is 1. The normalized spacial score (nSPS) is 15.3. The molecule has 2 aromatic rings. The summed E-state index contributed by atoms with van der Waals surface area (Å²) < 4.78 is 6.35. The van der Waals surface area contributed by atoms with E-state index in [9.17, 15) is 0 Å². The minimum Gasteiger partial charge on any atom is -0.448 e. The van der Waals surface area contributed by atoms with Crippen LogP contribution in [0.3, 0.4) is 0 Å². The number of anilines is 1. The number of aromatic nitrogens is 1. The minimum atomic E-state index is 0.543. The Morgan fingerprint density at radius 1 is 1.38 bits per heavy atom. The zero-order chi connectivity index (χ0) is 11.1. The Balaban J connectivity index is 1.97. The number of nitrogen functional groups attached to an aromatic ring is 1. The first-order valence-electron chi connectivity index (χ1n) is 5.25. The largest absolute Gasteiger partial charge is 0.448 e. The van der Waals surface area contributed by atoms with E-state index in [-0.39, 0.29) is 0 Å². The molecule has 3 nitrogen and oxygen atoms in total. The molecule has 1 aliphatic carbocycles. The van der Waals surface area contributed by atoms with Crippen molar-refractivity contribution in [3.05, 3.63) is 34.8 Å². The number of halogens is 1. The summed E-state index contributed by atoms with van der Waals surface area (Å²) in [6.45, 7) is 0. The molecule has 0 radical (unpaired) electrons. The summed E-state index contributed by atoms with van der Waals surface area (Å²) >= 11 is 3.37. The molecule has 1 aromatic heterocycles. The van der Waals surface area contributed by atoms with E-state index >= 15 is 0 Å². The molecule has 1 heterocycles. The third-order valence-corrected chi connectivity index (χ3v) is 3.46. The molecular weight excluding hydrogens is 268 g/mol. The van der Waals surface area contributed by atoms with Crippen molar-refractivity contribution in [2.24, 2.45) is 0 Å². The average molecular weight is 279 g/mol. The van der Waals surface area contributed by atoms with Crippen molar-refractivity contribution in [1.82, 2.24) is 4.98 Å². The smallest absolute Gasteiger partial charge is 0.197 e. The zero-order valence-corrected chi connectivity index (χ0v) is 10.2. The molecule has 3 rings (SSSR count). The lowest BCUT2D eigenvalue weighted by Gasteiger charge is -2.00. The minimum absolute atomic E-state index is 0.543. The molecule has 0 atom stereocenters. The van der Waals surface area contributed by atoms with Crippen LogP contribution in [0.4, 0.5) is 5.69 Å². The third-order valence-electron chi connectivity index (χ3n) is 2.74. The summed E-state index contributed by atoms with van der Waals surface area (Å²) in [6, 6.07) is 5.81. The molecule has 1 aromatic carbocycles. The van der Waals surface area contributed by atoms with Gasteiger partial charge in [0, 0.05) is 21.6 Å². The first-order valence-corrected chi connectivity index (χ1v) is 6.04. The van der Waals surface area contributed by atoms with E-state index in [4.69, 9.17) is 10.2 Å². The van der Waals surface area contributed by atoms with Crippen LogP contribution in [0, 0.1) is 0 Å². The van der Waals surface area contributed by atoms with E-state index in [1.165, 1.54) is 12.8 Å². The molecule has 1 saturated carbocycles. The first-order chi connectivity index (χ1) is 7.74. The molecule has 0 unspecified atom stereocenters. The highest BCUT2D eigenvalue weighted by molar-refractivity contribution is 9.10. The molecule has 16 heavy (non-hydrogen) atoms. The molecule has 4 heteroatoms. The SMILES string of the molecule is Nc1cc(-c2coc(C3CC3)n2)ccc1Br. The van der Waals surface area contributed by atoms with Crippen molar-refractivity contribution in [2.45, 2.75) is 18.8 Å². The second-order valence-electron chi connectivity index (χ2n) is 4.08. The van der Waals surface area contributed by atoms with E-state index in [2.05, 4.69) is 20.9 Å². The Labute approximate surface area is 102 Å². The number of rotatable bonds is 2. The van der Waals surface area contributed by atoms with Crippen LogP contribution in [-0.2, 0) is 0 Å². The molecular formula is C12H11BrN2O. The van der Waals surface area contributed by atoms with Crippen molar-refractivity contribution in [3.63, 3.8) is 0 Å². The van der Waals surface area contributed by atoms with Gasteiger partial charge >= 0.3 is 0 Å². The van der Waals surface area contributed by atoms with Crippen LogP contribution in [-0.4, -0.2) is 4.98 Å². The van der Waals surface area contributed by atoms with Gasteiger partial charge in [0.25, 0.3) is 0 Å². The quantitative estimate of drug-likeness (QED) is 0.855. The summed E-state index contributed by atoms with van der Waals surface area (Å²) in [5, 5.41) is 0. The topological polar surface area (TPSA) is 52.0 Å². The highest BCUT2D eigenvalue weighted by atomic mass is 79.9. The van der Waals surface area contributed by atoms with E-state index in [1.54, 1.807) is 6.26 Å². The fourth-order valence-corrected chi connectivity index (χ4v) is 1.89. The maximum Gasteiger partial charge on any atom is 0.197 e. The molecule has 0 amide bonds. The second kappa shape index (κ2) is 3.63. The van der Waals surface area contributed by atoms with Crippen LogP contribution in [0.25, 0.3) is 11.3 Å². The average Bonchev–Trinajstić information content (AvgIpc) is 3.01. The summed E-state index contributed by atoms with van der Waals surface area (Å²) in [5.74, 6) is 1.40. The fourth-order valence-electron chi connectivity index (χ4n) is 1.64. The van der Waals surface area contributed by atoms with Crippen LogP contribution in [0.15, 0.2) is 33.4 Å². The Kier molecular flexibility index (Phi) is 2.24. The zero-order valence-electron chi connectivity index (χ0n) is 8.61. The van der Waals surface area contributed by atoms with Gasteiger partial charge < -0.3 is 10.2 Å². The van der Waals surface area contributed by atoms with Crippen LogP contribution < -0.4 is 5.73 Å². The predicted octanol–water partition coefficient (Wildman–Crippen LogP) is 3.56. The maximum atomic E-state index is 5.83. The molecule has 0 saturated heterocycles. The summed E-state index contributed by atoms with van der Waals surface area (Å²) in [7, 11) is 0. The van der Waals surface area contributed by atoms with Gasteiger partial charge in [-0.1, -0.05) is 6.07 Å². The molecule has 1 aliphatic rings. The predicted molar refractivity (Wildman–Crippen MR) is 66.0 cm³/mol. The lowest BCUT2D eigenvalue weighted by molar-refractivity contribution is 0.497. The Morgan fingerprint density at radius 2 is 2.19 bits per heavy atom. The maximum absolute atomic E-state index is 5.83. The number of hydrogen-bond donors (Lipinski definition) is 1. The Morgan fingerprint density at radius 3 is 2.88 bits per heavy atom. The molecule has 82 valence electrons. The first kappa shape index (κ1) is 9.90. The number of nitrogens with zero attached hydrogens (tertiary/aromatic N) is 1. The number of nitrogens with two attached hydrogens (primary N) is 1. The summed E-state index contributed by atoms with van der Waals surface area (Å²) in [6.07, 6.45) is 4.10. The van der Waals surface area contributed by atoms with Gasteiger partial charge in [-0.3, -0.25) is 0 Å². The lowest BCUT2D eigenvalue weighted by atomic mass is 10.1. The van der Waals surface area contributed by atoms with E-state index < -0.39 is 0 Å². The summed E-state index contributed by atoms with van der Waals surface area (Å²) in [4.78, 5) is 4.48. The standard InChI is InChI=1S/C12H11BrN2O/c13-9-4-3-8(5-10(9)14)11-6-16-12(15-11)7-1-2-7/h3-7H,1-2,14H2. The lowest BCUT2D eigenvalue weighted by Crippen LogP contribution is -1.88. The van der Waals surface area contributed by atoms with E-state index in [0.717, 1.165) is 21.6 Å². The number of benzene rings is 1. The fraction of sp³-hybridized carbons (Fsp3) is 0.250. The van der Waals surface area contributed by atoms with Crippen LogP contribution in [0.5, 0.6) is 0 Å². The van der Waals surface area contributed by atoms with Gasteiger partial charge in [0.05, 0.1) is 0 Å². The van der Waals surface area contributed by atoms with Gasteiger partial charge in [-0.15, -0.1) is 0 Å². The van der Waals surface area contributed by atoms with Crippen molar-refractivity contribution < 1.29 is 4.42 Å². The van der Waals surface area contributed by atoms with Crippen molar-refractivity contribution in [3.8, 4) is 11.3 Å². The molecule has 0 aliphatic heterocycles. The van der Waals surface area contributed by atoms with Gasteiger partial charge in [-0.2, -0.15) is 0 Å². The highest BCUT2D eigenvalue weighted by Gasteiger charge is 2.28. The van der Waals surface area contributed by atoms with Gasteiger partial charge in [0.2, 0.25) is 0 Å². The number of hydrogen-bond acceptors (Lipinski definition) is 3. The summed E-state index contributed by atoms with van der Waals surface area (Å²) in [5.41, 5.74) is 8.41. The Bertz CT molecular complexity index is 532. The second-order valence-corrected chi connectivity index (χ2v) is 4.94. The van der Waals surface area contributed by atoms with Crippen molar-refractivity contribution >= 4 is 21.6 Å².